The number of nitrogens with one attached hydrogen (secondary N) is 1. The highest BCUT2D eigenvalue weighted by Crippen LogP contribution is 2.23. The second-order valence-electron chi connectivity index (χ2n) is 5.32. The standard InChI is InChI=1S/C21H19NO2/c1-2-24-20-13-6-4-9-17(20)14-15-21(23)22-19-12-7-10-16-8-3-5-11-18(16)19/h3-15H,2H2,1H3,(H,22,23). The smallest absolute Gasteiger partial charge is 0.248 e. The van der Waals surface area contributed by atoms with Crippen LogP contribution in [0.15, 0.2) is 72.8 Å². The first-order valence-corrected chi connectivity index (χ1v) is 7.96. The van der Waals surface area contributed by atoms with Crippen LogP contribution in [0.5, 0.6) is 5.75 Å². The zero-order chi connectivity index (χ0) is 16.8. The topological polar surface area (TPSA) is 38.3 Å². The minimum Gasteiger partial charge on any atom is -0.493 e. The highest BCUT2D eigenvalue weighted by Gasteiger charge is 2.04. The molecule has 0 heterocycles. The zero-order valence-corrected chi connectivity index (χ0v) is 13.5. The molecule has 0 fully saturated rings. The van der Waals surface area contributed by atoms with Crippen LogP contribution in [0, 0.1) is 0 Å². The first kappa shape index (κ1) is 15.8. The van der Waals surface area contributed by atoms with E-state index < -0.39 is 0 Å². The van der Waals surface area contributed by atoms with Crippen LogP contribution in [0.4, 0.5) is 5.69 Å². The van der Waals surface area contributed by atoms with Crippen molar-refractivity contribution < 1.29 is 9.53 Å². The van der Waals surface area contributed by atoms with E-state index >= 15 is 0 Å². The number of benzene rings is 3. The number of anilines is 1. The lowest BCUT2D eigenvalue weighted by Crippen LogP contribution is -2.08. The number of hydrogen-bond donors (Lipinski definition) is 1. The molecule has 0 aliphatic heterocycles. The predicted octanol–water partition coefficient (Wildman–Crippen LogP) is 4.89. The van der Waals surface area contributed by atoms with Gasteiger partial charge >= 0.3 is 0 Å². The summed E-state index contributed by atoms with van der Waals surface area (Å²) in [6.07, 6.45) is 3.30. The van der Waals surface area contributed by atoms with Crippen molar-refractivity contribution >= 4 is 28.4 Å². The second kappa shape index (κ2) is 7.47. The van der Waals surface area contributed by atoms with E-state index in [1.165, 1.54) is 6.08 Å². The molecule has 120 valence electrons. The van der Waals surface area contributed by atoms with E-state index in [-0.39, 0.29) is 5.91 Å². The van der Waals surface area contributed by atoms with Gasteiger partial charge in [-0.15, -0.1) is 0 Å². The highest BCUT2D eigenvalue weighted by atomic mass is 16.5. The normalized spacial score (nSPS) is 10.9. The molecule has 0 radical (unpaired) electrons. The van der Waals surface area contributed by atoms with Gasteiger partial charge in [0.2, 0.25) is 5.91 Å². The Labute approximate surface area is 141 Å². The van der Waals surface area contributed by atoms with Crippen molar-refractivity contribution in [3.63, 3.8) is 0 Å². The van der Waals surface area contributed by atoms with Gasteiger partial charge in [0, 0.05) is 22.7 Å². The molecule has 0 bridgehead atoms. The number of rotatable bonds is 5. The van der Waals surface area contributed by atoms with Gasteiger partial charge in [0.15, 0.2) is 0 Å². The van der Waals surface area contributed by atoms with Crippen LogP contribution in [0.2, 0.25) is 0 Å². The number of hydrogen-bond acceptors (Lipinski definition) is 2. The number of fused-ring (bicyclic) bond motifs is 1. The summed E-state index contributed by atoms with van der Waals surface area (Å²) in [6.45, 7) is 2.53. The average molecular weight is 317 g/mol. The summed E-state index contributed by atoms with van der Waals surface area (Å²) in [5.74, 6) is 0.604. The van der Waals surface area contributed by atoms with Crippen LogP contribution < -0.4 is 10.1 Å². The van der Waals surface area contributed by atoms with Gasteiger partial charge in [0.05, 0.1) is 6.61 Å². The van der Waals surface area contributed by atoms with E-state index in [0.29, 0.717) is 6.61 Å². The molecule has 0 unspecified atom stereocenters. The zero-order valence-electron chi connectivity index (χ0n) is 13.5. The van der Waals surface area contributed by atoms with E-state index in [0.717, 1.165) is 27.8 Å². The molecule has 0 saturated carbocycles. The molecule has 0 aliphatic carbocycles. The molecule has 0 spiro atoms. The van der Waals surface area contributed by atoms with Crippen molar-refractivity contribution in [2.45, 2.75) is 6.92 Å². The largest absolute Gasteiger partial charge is 0.493 e. The molecular weight excluding hydrogens is 298 g/mol. The van der Waals surface area contributed by atoms with Crippen molar-refractivity contribution in [1.29, 1.82) is 0 Å². The summed E-state index contributed by atoms with van der Waals surface area (Å²) in [6, 6.07) is 21.5. The second-order valence-corrected chi connectivity index (χ2v) is 5.32. The molecule has 24 heavy (non-hydrogen) atoms. The fourth-order valence-corrected chi connectivity index (χ4v) is 2.58. The van der Waals surface area contributed by atoms with Gasteiger partial charge in [-0.25, -0.2) is 0 Å². The minimum atomic E-state index is -0.169. The maximum absolute atomic E-state index is 12.3. The lowest BCUT2D eigenvalue weighted by Gasteiger charge is -2.08. The molecular formula is C21H19NO2. The first-order valence-electron chi connectivity index (χ1n) is 7.96. The molecule has 0 atom stereocenters. The maximum Gasteiger partial charge on any atom is 0.248 e. The number of ether oxygens (including phenoxy) is 1. The number of amides is 1. The third-order valence-corrected chi connectivity index (χ3v) is 3.68. The van der Waals surface area contributed by atoms with E-state index in [4.69, 9.17) is 4.74 Å². The molecule has 0 saturated heterocycles. The van der Waals surface area contributed by atoms with E-state index in [1.54, 1.807) is 6.08 Å². The van der Waals surface area contributed by atoms with Crippen molar-refractivity contribution in [3.8, 4) is 5.75 Å². The lowest BCUT2D eigenvalue weighted by molar-refractivity contribution is -0.111. The quantitative estimate of drug-likeness (QED) is 0.680. The van der Waals surface area contributed by atoms with Gasteiger partial charge in [-0.2, -0.15) is 0 Å². The van der Waals surface area contributed by atoms with Crippen LogP contribution in [0.25, 0.3) is 16.8 Å². The summed E-state index contributed by atoms with van der Waals surface area (Å²) >= 11 is 0. The van der Waals surface area contributed by atoms with Crippen LogP contribution in [0.3, 0.4) is 0 Å². The highest BCUT2D eigenvalue weighted by molar-refractivity contribution is 6.07. The Morgan fingerprint density at radius 1 is 1.00 bits per heavy atom. The van der Waals surface area contributed by atoms with Gasteiger partial charge in [0.25, 0.3) is 0 Å². The monoisotopic (exact) mass is 317 g/mol. The first-order chi connectivity index (χ1) is 11.8. The van der Waals surface area contributed by atoms with Gasteiger partial charge in [-0.05, 0) is 30.5 Å². The Kier molecular flexibility index (Phi) is 4.92. The summed E-state index contributed by atoms with van der Waals surface area (Å²) < 4.78 is 5.56. The fourth-order valence-electron chi connectivity index (χ4n) is 2.58. The Morgan fingerprint density at radius 3 is 2.62 bits per heavy atom. The van der Waals surface area contributed by atoms with Crippen LogP contribution in [-0.2, 0) is 4.79 Å². The number of carbonyl (C=O) groups is 1. The van der Waals surface area contributed by atoms with E-state index in [2.05, 4.69) is 5.32 Å². The van der Waals surface area contributed by atoms with Crippen LogP contribution >= 0.6 is 0 Å². The van der Waals surface area contributed by atoms with Gasteiger partial charge in [-0.1, -0.05) is 54.6 Å². The summed E-state index contributed by atoms with van der Waals surface area (Å²) in [5.41, 5.74) is 1.69. The maximum atomic E-state index is 12.3. The molecule has 0 aliphatic rings. The lowest BCUT2D eigenvalue weighted by atomic mass is 10.1. The van der Waals surface area contributed by atoms with Gasteiger partial charge in [0.1, 0.15) is 5.75 Å². The van der Waals surface area contributed by atoms with Crippen molar-refractivity contribution in [2.75, 3.05) is 11.9 Å². The predicted molar refractivity (Wildman–Crippen MR) is 99.2 cm³/mol. The fraction of sp³-hybridized carbons (Fsp3) is 0.0952. The Bertz CT molecular complexity index is 878. The van der Waals surface area contributed by atoms with Crippen molar-refractivity contribution in [1.82, 2.24) is 0 Å². The van der Waals surface area contributed by atoms with Crippen molar-refractivity contribution in [2.24, 2.45) is 0 Å². The molecule has 0 aromatic heterocycles. The third-order valence-electron chi connectivity index (χ3n) is 3.68. The Hall–Kier alpha value is -3.07. The van der Waals surface area contributed by atoms with Crippen molar-refractivity contribution in [3.05, 3.63) is 78.4 Å². The number of carbonyl (C=O) groups excluding carboxylic acids is 1. The van der Waals surface area contributed by atoms with Gasteiger partial charge in [-0.3, -0.25) is 4.79 Å². The van der Waals surface area contributed by atoms with E-state index in [9.17, 15) is 4.79 Å². The molecule has 1 amide bonds. The third kappa shape index (κ3) is 3.63. The summed E-state index contributed by atoms with van der Waals surface area (Å²) in [4.78, 5) is 12.3. The average Bonchev–Trinajstić information content (AvgIpc) is 2.62. The Morgan fingerprint density at radius 2 is 1.75 bits per heavy atom. The SMILES string of the molecule is CCOc1ccccc1C=CC(=O)Nc1cccc2ccccc12. The number of para-hydroxylation sites is 1. The molecule has 3 aromatic rings. The molecule has 1 N–H and O–H groups in total. The molecule has 3 nitrogen and oxygen atoms in total. The van der Waals surface area contributed by atoms with Gasteiger partial charge < -0.3 is 10.1 Å². The van der Waals surface area contributed by atoms with E-state index in [1.807, 2.05) is 73.7 Å². The summed E-state index contributed by atoms with van der Waals surface area (Å²) in [5, 5.41) is 5.06. The van der Waals surface area contributed by atoms with Crippen LogP contribution in [-0.4, -0.2) is 12.5 Å². The molecule has 3 rings (SSSR count). The summed E-state index contributed by atoms with van der Waals surface area (Å²) in [7, 11) is 0. The molecule has 3 aromatic carbocycles. The Balaban J connectivity index is 1.78. The molecule has 3 heteroatoms. The minimum absolute atomic E-state index is 0.169. The van der Waals surface area contributed by atoms with Crippen LogP contribution in [0.1, 0.15) is 12.5 Å².